The Morgan fingerprint density at radius 2 is 2.10 bits per heavy atom. The van der Waals surface area contributed by atoms with Gasteiger partial charge in [-0.2, -0.15) is 0 Å². The summed E-state index contributed by atoms with van der Waals surface area (Å²) < 4.78 is 0. The summed E-state index contributed by atoms with van der Waals surface area (Å²) in [5.74, 6) is 1.90. The molecule has 1 fully saturated rings. The Balaban J connectivity index is 0.00000200. The van der Waals surface area contributed by atoms with Crippen molar-refractivity contribution in [3.63, 3.8) is 0 Å². The number of hydrogen-bond donors (Lipinski definition) is 2. The molecule has 0 atom stereocenters. The van der Waals surface area contributed by atoms with Crippen LogP contribution in [0.2, 0.25) is 0 Å². The number of guanidine groups is 1. The van der Waals surface area contributed by atoms with E-state index in [0.29, 0.717) is 0 Å². The van der Waals surface area contributed by atoms with Gasteiger partial charge in [0.2, 0.25) is 0 Å². The van der Waals surface area contributed by atoms with Crippen LogP contribution in [0.15, 0.2) is 29.3 Å². The fraction of sp³-hybridized carbons (Fsp3) is 0.562. The first-order valence-corrected chi connectivity index (χ1v) is 7.35. The van der Waals surface area contributed by atoms with Gasteiger partial charge in [-0.3, -0.25) is 0 Å². The number of nitrogens with one attached hydrogen (secondary N) is 2. The van der Waals surface area contributed by atoms with E-state index >= 15 is 0 Å². The average Bonchev–Trinajstić information content (AvgIpc) is 3.20. The van der Waals surface area contributed by atoms with Crippen LogP contribution in [0.4, 0.5) is 0 Å². The maximum Gasteiger partial charge on any atom is 0.191 e. The summed E-state index contributed by atoms with van der Waals surface area (Å²) >= 11 is 0. The Bertz CT molecular complexity index is 427. The molecule has 4 heteroatoms. The van der Waals surface area contributed by atoms with Crippen LogP contribution in [0.3, 0.4) is 0 Å². The van der Waals surface area contributed by atoms with Crippen molar-refractivity contribution in [3.05, 3.63) is 35.4 Å². The smallest absolute Gasteiger partial charge is 0.191 e. The lowest BCUT2D eigenvalue weighted by Gasteiger charge is -2.11. The summed E-state index contributed by atoms with van der Waals surface area (Å²) in [6.45, 7) is 6.89. The fourth-order valence-electron chi connectivity index (χ4n) is 2.12. The van der Waals surface area contributed by atoms with Gasteiger partial charge in [0.15, 0.2) is 5.96 Å². The zero-order chi connectivity index (χ0) is 13.5. The molecule has 1 aliphatic carbocycles. The number of aryl methyl sites for hydroxylation is 1. The Morgan fingerprint density at radius 3 is 2.75 bits per heavy atom. The van der Waals surface area contributed by atoms with Crippen LogP contribution in [-0.4, -0.2) is 19.0 Å². The minimum atomic E-state index is 0. The second kappa shape index (κ2) is 9.21. The summed E-state index contributed by atoms with van der Waals surface area (Å²) in [5.41, 5.74) is 2.55. The highest BCUT2D eigenvalue weighted by molar-refractivity contribution is 14.0. The second-order valence-corrected chi connectivity index (χ2v) is 5.34. The summed E-state index contributed by atoms with van der Waals surface area (Å²) in [5, 5.41) is 6.72. The molecule has 3 nitrogen and oxygen atoms in total. The van der Waals surface area contributed by atoms with E-state index in [1.165, 1.54) is 30.4 Å². The quantitative estimate of drug-likeness (QED) is 0.446. The standard InChI is InChI=1S/C16H25N3.HI/c1-3-17-16(18-10-9-14-7-8-14)19-12-15-6-4-5-13(2)11-15;/h4-6,11,14H,3,7-10,12H2,1-2H3,(H2,17,18,19);1H. The molecule has 0 aliphatic heterocycles. The largest absolute Gasteiger partial charge is 0.357 e. The lowest BCUT2D eigenvalue weighted by Crippen LogP contribution is -2.37. The first-order valence-electron chi connectivity index (χ1n) is 7.35. The minimum Gasteiger partial charge on any atom is -0.357 e. The zero-order valence-electron chi connectivity index (χ0n) is 12.5. The molecule has 1 aliphatic rings. The molecule has 0 heterocycles. The van der Waals surface area contributed by atoms with Crippen LogP contribution in [0.25, 0.3) is 0 Å². The second-order valence-electron chi connectivity index (χ2n) is 5.34. The van der Waals surface area contributed by atoms with E-state index < -0.39 is 0 Å². The monoisotopic (exact) mass is 387 g/mol. The molecule has 112 valence electrons. The number of nitrogens with zero attached hydrogens (tertiary/aromatic N) is 1. The predicted octanol–water partition coefficient (Wildman–Crippen LogP) is 3.47. The van der Waals surface area contributed by atoms with Gasteiger partial charge in [-0.1, -0.05) is 42.7 Å². The van der Waals surface area contributed by atoms with E-state index in [1.807, 2.05) is 0 Å². The third kappa shape index (κ3) is 6.59. The third-order valence-corrected chi connectivity index (χ3v) is 3.39. The Labute approximate surface area is 139 Å². The fourth-order valence-corrected chi connectivity index (χ4v) is 2.12. The third-order valence-electron chi connectivity index (χ3n) is 3.39. The highest BCUT2D eigenvalue weighted by Gasteiger charge is 2.20. The molecule has 0 unspecified atom stereocenters. The van der Waals surface area contributed by atoms with Gasteiger partial charge in [0, 0.05) is 13.1 Å². The topological polar surface area (TPSA) is 36.4 Å². The molecule has 0 bridgehead atoms. The van der Waals surface area contributed by atoms with Gasteiger partial charge in [0.25, 0.3) is 0 Å². The molecule has 0 amide bonds. The number of aliphatic imine (C=N–C) groups is 1. The number of hydrogen-bond acceptors (Lipinski definition) is 1. The molecular formula is C16H26IN3. The van der Waals surface area contributed by atoms with E-state index in [1.54, 1.807) is 0 Å². The molecule has 0 spiro atoms. The maximum absolute atomic E-state index is 4.64. The first-order chi connectivity index (χ1) is 9.28. The molecule has 1 saturated carbocycles. The molecule has 1 aromatic carbocycles. The molecule has 0 radical (unpaired) electrons. The normalized spacial score (nSPS) is 14.6. The van der Waals surface area contributed by atoms with E-state index in [2.05, 4.69) is 53.7 Å². The Morgan fingerprint density at radius 1 is 1.30 bits per heavy atom. The van der Waals surface area contributed by atoms with E-state index in [0.717, 1.165) is 31.5 Å². The Kier molecular flexibility index (Phi) is 7.95. The average molecular weight is 387 g/mol. The number of benzene rings is 1. The lowest BCUT2D eigenvalue weighted by atomic mass is 10.1. The molecule has 0 saturated heterocycles. The van der Waals surface area contributed by atoms with E-state index in [4.69, 9.17) is 0 Å². The number of rotatable bonds is 6. The SMILES string of the molecule is CCNC(=NCc1cccc(C)c1)NCCC1CC1.I. The van der Waals surface area contributed by atoms with E-state index in [-0.39, 0.29) is 24.0 Å². The van der Waals surface area contributed by atoms with Gasteiger partial charge in [-0.05, 0) is 31.7 Å². The van der Waals surface area contributed by atoms with Crippen molar-refractivity contribution in [3.8, 4) is 0 Å². The Hall–Kier alpha value is -0.780. The van der Waals surface area contributed by atoms with Crippen LogP contribution < -0.4 is 10.6 Å². The number of halogens is 1. The van der Waals surface area contributed by atoms with Crippen molar-refractivity contribution >= 4 is 29.9 Å². The summed E-state index contributed by atoms with van der Waals surface area (Å²) in [6, 6.07) is 8.53. The van der Waals surface area contributed by atoms with Crippen molar-refractivity contribution < 1.29 is 0 Å². The van der Waals surface area contributed by atoms with Gasteiger partial charge in [-0.25, -0.2) is 4.99 Å². The lowest BCUT2D eigenvalue weighted by molar-refractivity contribution is 0.685. The van der Waals surface area contributed by atoms with Crippen LogP contribution in [0.1, 0.15) is 37.3 Å². The highest BCUT2D eigenvalue weighted by Crippen LogP contribution is 2.31. The summed E-state index contributed by atoms with van der Waals surface area (Å²) in [7, 11) is 0. The van der Waals surface area contributed by atoms with Crippen LogP contribution >= 0.6 is 24.0 Å². The van der Waals surface area contributed by atoms with Gasteiger partial charge in [-0.15, -0.1) is 24.0 Å². The molecule has 20 heavy (non-hydrogen) atoms. The van der Waals surface area contributed by atoms with Crippen molar-refractivity contribution in [1.29, 1.82) is 0 Å². The first kappa shape index (κ1) is 17.3. The van der Waals surface area contributed by atoms with Crippen molar-refractivity contribution in [2.75, 3.05) is 13.1 Å². The summed E-state index contributed by atoms with van der Waals surface area (Å²) in [4.78, 5) is 4.64. The van der Waals surface area contributed by atoms with Crippen molar-refractivity contribution in [1.82, 2.24) is 10.6 Å². The molecule has 2 N–H and O–H groups in total. The molecule has 1 aromatic rings. The molecule has 2 rings (SSSR count). The summed E-state index contributed by atoms with van der Waals surface area (Å²) in [6.07, 6.45) is 4.10. The minimum absolute atomic E-state index is 0. The van der Waals surface area contributed by atoms with Gasteiger partial charge in [0.05, 0.1) is 6.54 Å². The van der Waals surface area contributed by atoms with Crippen LogP contribution in [0, 0.1) is 12.8 Å². The van der Waals surface area contributed by atoms with Gasteiger partial charge < -0.3 is 10.6 Å². The molecule has 0 aromatic heterocycles. The van der Waals surface area contributed by atoms with E-state index in [9.17, 15) is 0 Å². The van der Waals surface area contributed by atoms with Gasteiger partial charge >= 0.3 is 0 Å². The zero-order valence-corrected chi connectivity index (χ0v) is 14.8. The predicted molar refractivity (Wildman–Crippen MR) is 96.8 cm³/mol. The highest BCUT2D eigenvalue weighted by atomic mass is 127. The van der Waals surface area contributed by atoms with Crippen LogP contribution in [0.5, 0.6) is 0 Å². The van der Waals surface area contributed by atoms with Gasteiger partial charge in [0.1, 0.15) is 0 Å². The molecular weight excluding hydrogens is 361 g/mol. The van der Waals surface area contributed by atoms with Crippen molar-refractivity contribution in [2.24, 2.45) is 10.9 Å². The van der Waals surface area contributed by atoms with Crippen LogP contribution in [-0.2, 0) is 6.54 Å². The van der Waals surface area contributed by atoms with Crippen molar-refractivity contribution in [2.45, 2.75) is 39.7 Å². The maximum atomic E-state index is 4.64.